The third-order valence-electron chi connectivity index (χ3n) is 2.21. The predicted octanol–water partition coefficient (Wildman–Crippen LogP) is 3.22. The van der Waals surface area contributed by atoms with Crippen LogP contribution < -0.4 is 4.74 Å². The summed E-state index contributed by atoms with van der Waals surface area (Å²) in [7, 11) is 2.26. The number of hydrogen-bond acceptors (Lipinski definition) is 4. The highest BCUT2D eigenvalue weighted by molar-refractivity contribution is 7.98. The lowest BCUT2D eigenvalue weighted by molar-refractivity contribution is -0.139. The highest BCUT2D eigenvalue weighted by atomic mass is 32.2. The summed E-state index contributed by atoms with van der Waals surface area (Å²) in [6.07, 6.45) is -3.00. The summed E-state index contributed by atoms with van der Waals surface area (Å²) in [5, 5.41) is 0. The number of esters is 1. The van der Waals surface area contributed by atoms with Gasteiger partial charge in [0.15, 0.2) is 0 Å². The maximum Gasteiger partial charge on any atom is 0.420 e. The van der Waals surface area contributed by atoms with Crippen LogP contribution in [0.3, 0.4) is 0 Å². The summed E-state index contributed by atoms with van der Waals surface area (Å²) in [5.41, 5.74) is -1.15. The fourth-order valence-electron chi connectivity index (χ4n) is 1.41. The minimum Gasteiger partial charge on any atom is -0.495 e. The molecule has 0 saturated carbocycles. The lowest BCUT2D eigenvalue weighted by atomic mass is 10.1. The van der Waals surface area contributed by atoms with Crippen LogP contribution in [0.2, 0.25) is 0 Å². The maximum absolute atomic E-state index is 12.9. The summed E-state index contributed by atoms with van der Waals surface area (Å²) in [6, 6.07) is 2.04. The molecule has 7 heteroatoms. The number of benzene rings is 1. The Hall–Kier alpha value is -1.37. The van der Waals surface area contributed by atoms with Crippen molar-refractivity contribution in [1.29, 1.82) is 0 Å². The van der Waals surface area contributed by atoms with Crippen molar-refractivity contribution in [3.63, 3.8) is 0 Å². The first-order valence-corrected chi connectivity index (χ1v) is 5.99. The highest BCUT2D eigenvalue weighted by Crippen LogP contribution is 2.42. The number of hydrogen-bond donors (Lipinski definition) is 0. The molecule has 1 aromatic rings. The normalized spacial score (nSPS) is 11.2. The minimum atomic E-state index is -4.60. The van der Waals surface area contributed by atoms with Gasteiger partial charge in [-0.05, 0) is 18.4 Å². The fourth-order valence-corrected chi connectivity index (χ4v) is 2.03. The second kappa shape index (κ2) is 5.51. The lowest BCUT2D eigenvalue weighted by Crippen LogP contribution is -2.11. The Morgan fingerprint density at radius 1 is 1.28 bits per heavy atom. The standard InChI is InChI=1S/C11H11F3O3S/c1-16-9-7(11(12,13)14)4-6(10(15)17-2)5-8(9)18-3/h4-5H,1-3H3. The van der Waals surface area contributed by atoms with Gasteiger partial charge >= 0.3 is 12.1 Å². The summed E-state index contributed by atoms with van der Waals surface area (Å²) >= 11 is 1.06. The molecule has 0 fully saturated rings. The molecule has 0 amide bonds. The molecule has 0 aliphatic carbocycles. The van der Waals surface area contributed by atoms with E-state index >= 15 is 0 Å². The monoisotopic (exact) mass is 280 g/mol. The number of thioether (sulfide) groups is 1. The third kappa shape index (κ3) is 2.90. The molecule has 0 aromatic heterocycles. The van der Waals surface area contributed by atoms with Crippen LogP contribution in [0.5, 0.6) is 5.75 Å². The molecule has 0 bridgehead atoms. The SMILES string of the molecule is COC(=O)c1cc(SC)c(OC)c(C(F)(F)F)c1. The smallest absolute Gasteiger partial charge is 0.420 e. The molecule has 1 aromatic carbocycles. The van der Waals surface area contributed by atoms with E-state index in [2.05, 4.69) is 4.74 Å². The fraction of sp³-hybridized carbons (Fsp3) is 0.364. The van der Waals surface area contributed by atoms with Gasteiger partial charge in [-0.2, -0.15) is 13.2 Å². The largest absolute Gasteiger partial charge is 0.495 e. The zero-order valence-corrected chi connectivity index (χ0v) is 10.7. The van der Waals surface area contributed by atoms with Crippen molar-refractivity contribution in [2.75, 3.05) is 20.5 Å². The van der Waals surface area contributed by atoms with Gasteiger partial charge in [-0.1, -0.05) is 0 Å². The van der Waals surface area contributed by atoms with Gasteiger partial charge in [0.1, 0.15) is 5.75 Å². The van der Waals surface area contributed by atoms with E-state index in [-0.39, 0.29) is 16.2 Å². The van der Waals surface area contributed by atoms with Crippen LogP contribution in [-0.4, -0.2) is 26.4 Å². The van der Waals surface area contributed by atoms with E-state index in [0.717, 1.165) is 32.0 Å². The van der Waals surface area contributed by atoms with Gasteiger partial charge in [-0.15, -0.1) is 11.8 Å². The van der Waals surface area contributed by atoms with Crippen LogP contribution in [0.1, 0.15) is 15.9 Å². The van der Waals surface area contributed by atoms with Gasteiger partial charge in [0.25, 0.3) is 0 Å². The average molecular weight is 280 g/mol. The lowest BCUT2D eigenvalue weighted by Gasteiger charge is -2.16. The zero-order valence-electron chi connectivity index (χ0n) is 9.92. The molecule has 0 heterocycles. The van der Waals surface area contributed by atoms with E-state index in [1.54, 1.807) is 6.26 Å². The number of carbonyl (C=O) groups is 1. The van der Waals surface area contributed by atoms with E-state index in [9.17, 15) is 18.0 Å². The molecule has 18 heavy (non-hydrogen) atoms. The number of carbonyl (C=O) groups excluding carboxylic acids is 1. The number of halogens is 3. The van der Waals surface area contributed by atoms with Crippen molar-refractivity contribution in [1.82, 2.24) is 0 Å². The quantitative estimate of drug-likeness (QED) is 0.629. The Morgan fingerprint density at radius 3 is 2.28 bits per heavy atom. The van der Waals surface area contributed by atoms with E-state index in [0.29, 0.717) is 0 Å². The van der Waals surface area contributed by atoms with Crippen LogP contribution in [0.25, 0.3) is 0 Å². The van der Waals surface area contributed by atoms with Crippen molar-refractivity contribution in [3.8, 4) is 5.75 Å². The highest BCUT2D eigenvalue weighted by Gasteiger charge is 2.36. The summed E-state index contributed by atoms with van der Waals surface area (Å²) in [6.45, 7) is 0. The van der Waals surface area contributed by atoms with Gasteiger partial charge in [-0.3, -0.25) is 0 Å². The van der Waals surface area contributed by atoms with Gasteiger partial charge in [0.2, 0.25) is 0 Å². The van der Waals surface area contributed by atoms with Crippen LogP contribution in [0.15, 0.2) is 17.0 Å². The van der Waals surface area contributed by atoms with Gasteiger partial charge < -0.3 is 9.47 Å². The van der Waals surface area contributed by atoms with Gasteiger partial charge in [0, 0.05) is 0 Å². The molecule has 0 aliphatic heterocycles. The number of methoxy groups -OCH3 is 2. The molecule has 1 rings (SSSR count). The Balaban J connectivity index is 3.51. The molecule has 0 saturated heterocycles. The molecular weight excluding hydrogens is 269 g/mol. The number of rotatable bonds is 3. The minimum absolute atomic E-state index is 0.157. The summed E-state index contributed by atoms with van der Waals surface area (Å²) < 4.78 is 47.8. The van der Waals surface area contributed by atoms with E-state index < -0.39 is 17.7 Å². The van der Waals surface area contributed by atoms with Crippen molar-refractivity contribution in [2.45, 2.75) is 11.1 Å². The molecule has 100 valence electrons. The van der Waals surface area contributed by atoms with E-state index in [1.807, 2.05) is 0 Å². The molecule has 0 aliphatic rings. The zero-order chi connectivity index (χ0) is 13.9. The second-order valence-corrected chi connectivity index (χ2v) is 4.10. The first-order chi connectivity index (χ1) is 8.35. The molecule has 0 spiro atoms. The predicted molar refractivity (Wildman–Crippen MR) is 61.1 cm³/mol. The van der Waals surface area contributed by atoms with E-state index in [1.165, 1.54) is 6.07 Å². The molecule has 0 unspecified atom stereocenters. The Kier molecular flexibility index (Phi) is 4.50. The summed E-state index contributed by atoms with van der Waals surface area (Å²) in [4.78, 5) is 11.6. The third-order valence-corrected chi connectivity index (χ3v) is 2.95. The maximum atomic E-state index is 12.9. The average Bonchev–Trinajstić information content (AvgIpc) is 2.34. The van der Waals surface area contributed by atoms with Crippen LogP contribution in [0.4, 0.5) is 13.2 Å². The molecule has 0 N–H and O–H groups in total. The number of alkyl halides is 3. The second-order valence-electron chi connectivity index (χ2n) is 3.25. The van der Waals surface area contributed by atoms with Crippen LogP contribution in [0, 0.1) is 0 Å². The Bertz CT molecular complexity index is 458. The van der Waals surface area contributed by atoms with Gasteiger partial charge in [0.05, 0.1) is 30.2 Å². The topological polar surface area (TPSA) is 35.5 Å². The van der Waals surface area contributed by atoms with Crippen molar-refractivity contribution in [2.24, 2.45) is 0 Å². The van der Waals surface area contributed by atoms with Crippen molar-refractivity contribution >= 4 is 17.7 Å². The van der Waals surface area contributed by atoms with Gasteiger partial charge in [-0.25, -0.2) is 4.79 Å². The van der Waals surface area contributed by atoms with E-state index in [4.69, 9.17) is 4.74 Å². The molecular formula is C11H11F3O3S. The molecule has 3 nitrogen and oxygen atoms in total. The molecule has 0 atom stereocenters. The Labute approximate surface area is 106 Å². The van der Waals surface area contributed by atoms with Crippen molar-refractivity contribution in [3.05, 3.63) is 23.3 Å². The first kappa shape index (κ1) is 14.7. The Morgan fingerprint density at radius 2 is 1.89 bits per heavy atom. The van der Waals surface area contributed by atoms with Crippen LogP contribution >= 0.6 is 11.8 Å². The van der Waals surface area contributed by atoms with Crippen molar-refractivity contribution < 1.29 is 27.4 Å². The number of ether oxygens (including phenoxy) is 2. The molecule has 0 radical (unpaired) electrons. The first-order valence-electron chi connectivity index (χ1n) is 4.76. The summed E-state index contributed by atoms with van der Waals surface area (Å²) in [5.74, 6) is -1.11. The van der Waals surface area contributed by atoms with Crippen LogP contribution in [-0.2, 0) is 10.9 Å².